The third-order valence-corrected chi connectivity index (χ3v) is 4.01. The van der Waals surface area contributed by atoms with Crippen molar-refractivity contribution >= 4 is 0 Å². The second kappa shape index (κ2) is 6.51. The number of piperazine rings is 1. The van der Waals surface area contributed by atoms with E-state index in [1.165, 1.54) is 5.56 Å². The van der Waals surface area contributed by atoms with E-state index in [1.54, 1.807) is 0 Å². The Hall–Kier alpha value is -0.900. The van der Waals surface area contributed by atoms with Gasteiger partial charge in [-0.2, -0.15) is 0 Å². The van der Waals surface area contributed by atoms with E-state index in [1.807, 2.05) is 0 Å². The zero-order chi connectivity index (χ0) is 13.8. The average Bonchev–Trinajstić information content (AvgIpc) is 2.41. The highest BCUT2D eigenvalue weighted by molar-refractivity contribution is 5.26. The fraction of sp³-hybridized carbons (Fsp3) is 0.625. The second-order valence-corrected chi connectivity index (χ2v) is 5.94. The van der Waals surface area contributed by atoms with Crippen LogP contribution in [0, 0.1) is 0 Å². The highest BCUT2D eigenvalue weighted by Gasteiger charge is 2.17. The normalized spacial score (nSPS) is 19.8. The molecule has 0 aliphatic carbocycles. The summed E-state index contributed by atoms with van der Waals surface area (Å²) in [4.78, 5) is 4.68. The lowest BCUT2D eigenvalue weighted by Gasteiger charge is -2.33. The smallest absolute Gasteiger partial charge is 0.0916 e. The highest BCUT2D eigenvalue weighted by Crippen LogP contribution is 2.19. The highest BCUT2D eigenvalue weighted by atomic mass is 16.3. The third-order valence-electron chi connectivity index (χ3n) is 4.01. The van der Waals surface area contributed by atoms with Crippen molar-refractivity contribution in [3.8, 4) is 0 Å². The standard InChI is InChI=1S/C16H26N2O/c1-13(2)14-4-6-15(7-5-14)16(19)12-18-10-8-17(3)9-11-18/h4-7,13,16,19H,8-12H2,1-3H3/t16-/m0/s1. The van der Waals surface area contributed by atoms with Crippen LogP contribution in [-0.2, 0) is 0 Å². The number of benzene rings is 1. The fourth-order valence-electron chi connectivity index (χ4n) is 2.48. The molecule has 106 valence electrons. The zero-order valence-electron chi connectivity index (χ0n) is 12.3. The molecule has 1 aliphatic rings. The van der Waals surface area contributed by atoms with Gasteiger partial charge in [0, 0.05) is 32.7 Å². The molecule has 1 saturated heterocycles. The lowest BCUT2D eigenvalue weighted by Crippen LogP contribution is -2.45. The summed E-state index contributed by atoms with van der Waals surface area (Å²) in [6, 6.07) is 8.40. The van der Waals surface area contributed by atoms with E-state index >= 15 is 0 Å². The molecule has 0 radical (unpaired) electrons. The maximum absolute atomic E-state index is 10.3. The van der Waals surface area contributed by atoms with Crippen molar-refractivity contribution in [1.29, 1.82) is 0 Å². The van der Waals surface area contributed by atoms with Gasteiger partial charge in [-0.15, -0.1) is 0 Å². The fourth-order valence-corrected chi connectivity index (χ4v) is 2.48. The van der Waals surface area contributed by atoms with Gasteiger partial charge >= 0.3 is 0 Å². The Morgan fingerprint density at radius 2 is 1.53 bits per heavy atom. The molecule has 0 spiro atoms. The van der Waals surface area contributed by atoms with Crippen LogP contribution < -0.4 is 0 Å². The van der Waals surface area contributed by atoms with E-state index < -0.39 is 0 Å². The van der Waals surface area contributed by atoms with Crippen molar-refractivity contribution in [2.45, 2.75) is 25.9 Å². The molecule has 1 fully saturated rings. The molecule has 3 heteroatoms. The van der Waals surface area contributed by atoms with E-state index in [-0.39, 0.29) is 6.10 Å². The van der Waals surface area contributed by atoms with Crippen molar-refractivity contribution in [1.82, 2.24) is 9.80 Å². The minimum atomic E-state index is -0.371. The van der Waals surface area contributed by atoms with Gasteiger partial charge in [-0.25, -0.2) is 0 Å². The van der Waals surface area contributed by atoms with Gasteiger partial charge in [0.15, 0.2) is 0 Å². The van der Waals surface area contributed by atoms with Crippen molar-refractivity contribution in [2.75, 3.05) is 39.8 Å². The van der Waals surface area contributed by atoms with Gasteiger partial charge in [-0.3, -0.25) is 4.90 Å². The maximum atomic E-state index is 10.3. The summed E-state index contributed by atoms with van der Waals surface area (Å²) < 4.78 is 0. The Labute approximate surface area is 116 Å². The Morgan fingerprint density at radius 1 is 1.00 bits per heavy atom. The van der Waals surface area contributed by atoms with Crippen LogP contribution in [0.4, 0.5) is 0 Å². The van der Waals surface area contributed by atoms with E-state index in [0.29, 0.717) is 5.92 Å². The predicted molar refractivity (Wildman–Crippen MR) is 79.4 cm³/mol. The van der Waals surface area contributed by atoms with E-state index in [2.05, 4.69) is 55.0 Å². The first-order chi connectivity index (χ1) is 9.06. The van der Waals surface area contributed by atoms with Crippen LogP contribution in [0.5, 0.6) is 0 Å². The predicted octanol–water partition coefficient (Wildman–Crippen LogP) is 2.09. The molecule has 0 unspecified atom stereocenters. The van der Waals surface area contributed by atoms with Crippen LogP contribution in [0.15, 0.2) is 24.3 Å². The minimum Gasteiger partial charge on any atom is -0.387 e. The molecule has 1 aliphatic heterocycles. The van der Waals surface area contributed by atoms with Gasteiger partial charge in [-0.05, 0) is 24.1 Å². The molecule has 1 atom stereocenters. The van der Waals surface area contributed by atoms with Crippen LogP contribution in [0.1, 0.15) is 37.0 Å². The number of aliphatic hydroxyl groups is 1. The van der Waals surface area contributed by atoms with E-state index in [9.17, 15) is 5.11 Å². The van der Waals surface area contributed by atoms with Gasteiger partial charge in [0.1, 0.15) is 0 Å². The van der Waals surface area contributed by atoms with Gasteiger partial charge in [0.05, 0.1) is 6.10 Å². The molecule has 1 heterocycles. The first-order valence-corrected chi connectivity index (χ1v) is 7.25. The van der Waals surface area contributed by atoms with Crippen molar-refractivity contribution < 1.29 is 5.11 Å². The molecular formula is C16H26N2O. The van der Waals surface area contributed by atoms with Crippen LogP contribution in [0.25, 0.3) is 0 Å². The SMILES string of the molecule is CC(C)c1ccc([C@@H](O)CN2CCN(C)CC2)cc1. The lowest BCUT2D eigenvalue weighted by molar-refractivity contribution is 0.0805. The average molecular weight is 262 g/mol. The molecule has 2 rings (SSSR count). The van der Waals surface area contributed by atoms with Crippen molar-refractivity contribution in [3.05, 3.63) is 35.4 Å². The summed E-state index contributed by atoms with van der Waals surface area (Å²) in [5.41, 5.74) is 2.36. The molecule has 1 aromatic carbocycles. The van der Waals surface area contributed by atoms with Gasteiger partial charge in [-0.1, -0.05) is 38.1 Å². The summed E-state index contributed by atoms with van der Waals surface area (Å²) in [5.74, 6) is 0.545. The van der Waals surface area contributed by atoms with Crippen molar-refractivity contribution in [2.24, 2.45) is 0 Å². The number of aliphatic hydroxyl groups excluding tert-OH is 1. The number of hydrogen-bond acceptors (Lipinski definition) is 3. The van der Waals surface area contributed by atoms with E-state index in [4.69, 9.17) is 0 Å². The molecule has 1 N–H and O–H groups in total. The third kappa shape index (κ3) is 4.03. The molecule has 0 saturated carbocycles. The number of β-amino-alcohol motifs (C(OH)–C–C–N with tert-alkyl or cyclic N) is 1. The summed E-state index contributed by atoms with van der Waals surface area (Å²) in [7, 11) is 2.15. The topological polar surface area (TPSA) is 26.7 Å². The van der Waals surface area contributed by atoms with Gasteiger partial charge in [0.25, 0.3) is 0 Å². The summed E-state index contributed by atoms with van der Waals surface area (Å²) in [5, 5.41) is 10.3. The molecule has 0 aromatic heterocycles. The number of likely N-dealkylation sites (N-methyl/N-ethyl adjacent to an activating group) is 1. The van der Waals surface area contributed by atoms with Crippen LogP contribution >= 0.6 is 0 Å². The maximum Gasteiger partial charge on any atom is 0.0916 e. The minimum absolute atomic E-state index is 0.371. The molecule has 19 heavy (non-hydrogen) atoms. The molecular weight excluding hydrogens is 236 g/mol. The molecule has 0 amide bonds. The molecule has 3 nitrogen and oxygen atoms in total. The van der Waals surface area contributed by atoms with Crippen LogP contribution in [0.3, 0.4) is 0 Å². The summed E-state index contributed by atoms with van der Waals surface area (Å²) >= 11 is 0. The Kier molecular flexibility index (Phi) is 4.97. The molecule has 0 bridgehead atoms. The number of hydrogen-bond donors (Lipinski definition) is 1. The van der Waals surface area contributed by atoms with Crippen molar-refractivity contribution in [3.63, 3.8) is 0 Å². The Bertz CT molecular complexity index is 380. The first-order valence-electron chi connectivity index (χ1n) is 7.25. The zero-order valence-corrected chi connectivity index (χ0v) is 12.3. The first kappa shape index (κ1) is 14.5. The quantitative estimate of drug-likeness (QED) is 0.900. The van der Waals surface area contributed by atoms with Gasteiger partial charge < -0.3 is 10.0 Å². The lowest BCUT2D eigenvalue weighted by atomic mass is 10.00. The largest absolute Gasteiger partial charge is 0.387 e. The van der Waals surface area contributed by atoms with E-state index in [0.717, 1.165) is 38.3 Å². The van der Waals surface area contributed by atoms with Gasteiger partial charge in [0.2, 0.25) is 0 Å². The summed E-state index contributed by atoms with van der Waals surface area (Å²) in [6.45, 7) is 9.42. The number of nitrogens with zero attached hydrogens (tertiary/aromatic N) is 2. The Morgan fingerprint density at radius 3 is 2.05 bits per heavy atom. The summed E-state index contributed by atoms with van der Waals surface area (Å²) in [6.07, 6.45) is -0.371. The molecule has 1 aromatic rings. The Balaban J connectivity index is 1.90. The number of rotatable bonds is 4. The second-order valence-electron chi connectivity index (χ2n) is 5.94. The van der Waals surface area contributed by atoms with Crippen LogP contribution in [-0.4, -0.2) is 54.7 Å². The monoisotopic (exact) mass is 262 g/mol. The van der Waals surface area contributed by atoms with Crippen LogP contribution in [0.2, 0.25) is 0 Å².